The van der Waals surface area contributed by atoms with Gasteiger partial charge in [-0.2, -0.15) is 5.10 Å². The Bertz CT molecular complexity index is 1070. The highest BCUT2D eigenvalue weighted by molar-refractivity contribution is 5.99. The zero-order valence-electron chi connectivity index (χ0n) is 22.8. The molecule has 7 nitrogen and oxygen atoms in total. The van der Waals surface area contributed by atoms with Crippen molar-refractivity contribution in [3.05, 3.63) is 47.3 Å². The number of carbonyl (C=O) groups is 2. The van der Waals surface area contributed by atoms with E-state index in [4.69, 9.17) is 9.84 Å². The topological polar surface area (TPSA) is 76.5 Å². The molecule has 7 heteroatoms. The first kappa shape index (κ1) is 26.2. The van der Waals surface area contributed by atoms with Gasteiger partial charge in [-0.1, -0.05) is 58.6 Å². The highest BCUT2D eigenvalue weighted by Gasteiger charge is 2.48. The van der Waals surface area contributed by atoms with Crippen molar-refractivity contribution in [1.29, 1.82) is 0 Å². The summed E-state index contributed by atoms with van der Waals surface area (Å²) >= 11 is 0. The number of nitrogens with one attached hydrogen (secondary N) is 1. The van der Waals surface area contributed by atoms with Crippen LogP contribution in [-0.2, 0) is 23.3 Å². The molecule has 1 aliphatic carbocycles. The van der Waals surface area contributed by atoms with Crippen LogP contribution in [-0.4, -0.2) is 44.2 Å². The van der Waals surface area contributed by atoms with Crippen molar-refractivity contribution < 1.29 is 14.3 Å². The number of benzene rings is 1. The summed E-state index contributed by atoms with van der Waals surface area (Å²) in [6.45, 7) is 12.8. The van der Waals surface area contributed by atoms with Crippen LogP contribution in [0.4, 0.5) is 0 Å². The number of hydrogen-bond acceptors (Lipinski definition) is 4. The van der Waals surface area contributed by atoms with Crippen LogP contribution in [0, 0.1) is 0 Å². The summed E-state index contributed by atoms with van der Waals surface area (Å²) in [7, 11) is 0. The van der Waals surface area contributed by atoms with E-state index in [-0.39, 0.29) is 29.4 Å². The first-order valence-corrected chi connectivity index (χ1v) is 13.4. The Morgan fingerprint density at radius 1 is 1.14 bits per heavy atom. The fourth-order valence-electron chi connectivity index (χ4n) is 5.15. The minimum absolute atomic E-state index is 0.0906. The molecule has 1 atom stereocenters. The van der Waals surface area contributed by atoms with Gasteiger partial charge in [-0.05, 0) is 57.4 Å². The van der Waals surface area contributed by atoms with Crippen molar-refractivity contribution in [2.75, 3.05) is 0 Å². The summed E-state index contributed by atoms with van der Waals surface area (Å²) in [5.74, 6) is 0.534. The molecule has 2 aliphatic rings. The van der Waals surface area contributed by atoms with Crippen LogP contribution in [0.2, 0.25) is 0 Å². The quantitative estimate of drug-likeness (QED) is 0.559. The first-order chi connectivity index (χ1) is 17.0. The predicted octanol–water partition coefficient (Wildman–Crippen LogP) is 5.22. The van der Waals surface area contributed by atoms with Crippen LogP contribution in [0.25, 0.3) is 0 Å². The highest BCUT2D eigenvalue weighted by Crippen LogP contribution is 2.32. The van der Waals surface area contributed by atoms with Gasteiger partial charge in [0.1, 0.15) is 17.0 Å². The summed E-state index contributed by atoms with van der Waals surface area (Å²) in [6, 6.07) is 9.84. The van der Waals surface area contributed by atoms with Gasteiger partial charge in [-0.15, -0.1) is 0 Å². The molecule has 2 amide bonds. The normalized spacial score (nSPS) is 21.3. The predicted molar refractivity (Wildman–Crippen MR) is 141 cm³/mol. The van der Waals surface area contributed by atoms with Gasteiger partial charge in [0.15, 0.2) is 0 Å². The molecule has 1 fully saturated rings. The zero-order chi connectivity index (χ0) is 26.1. The van der Waals surface area contributed by atoms with Gasteiger partial charge in [0.2, 0.25) is 5.91 Å². The van der Waals surface area contributed by atoms with Crippen molar-refractivity contribution in [1.82, 2.24) is 20.0 Å². The lowest BCUT2D eigenvalue weighted by Crippen LogP contribution is -2.64. The van der Waals surface area contributed by atoms with Gasteiger partial charge in [0.05, 0.1) is 18.3 Å². The molecule has 2 heterocycles. The highest BCUT2D eigenvalue weighted by atomic mass is 16.5. The second-order valence-electron chi connectivity index (χ2n) is 12.0. The number of rotatable bonds is 6. The van der Waals surface area contributed by atoms with Crippen LogP contribution in [0.3, 0.4) is 0 Å². The van der Waals surface area contributed by atoms with Crippen molar-refractivity contribution in [3.63, 3.8) is 0 Å². The Kier molecular flexibility index (Phi) is 7.48. The lowest BCUT2D eigenvalue weighted by molar-refractivity contribution is -0.134. The minimum Gasteiger partial charge on any atom is -0.491 e. The first-order valence-electron chi connectivity index (χ1n) is 13.4. The molecular formula is C29H42N4O3. The average Bonchev–Trinajstić information content (AvgIpc) is 3.07. The Morgan fingerprint density at radius 2 is 1.78 bits per heavy atom. The maximum Gasteiger partial charge on any atom is 0.273 e. The average molecular weight is 495 g/mol. The third-order valence-electron chi connectivity index (χ3n) is 7.38. The summed E-state index contributed by atoms with van der Waals surface area (Å²) in [4.78, 5) is 29.5. The lowest BCUT2D eigenvalue weighted by atomic mass is 9.91. The van der Waals surface area contributed by atoms with E-state index in [9.17, 15) is 9.59 Å². The molecule has 1 N–H and O–H groups in total. The number of fused-ring (bicyclic) bond motifs is 1. The smallest absolute Gasteiger partial charge is 0.273 e. The second-order valence-corrected chi connectivity index (χ2v) is 12.0. The Morgan fingerprint density at radius 3 is 2.36 bits per heavy atom. The molecule has 0 radical (unpaired) electrons. The summed E-state index contributed by atoms with van der Waals surface area (Å²) in [5, 5.41) is 8.08. The van der Waals surface area contributed by atoms with E-state index in [1.807, 2.05) is 51.1 Å². The van der Waals surface area contributed by atoms with Gasteiger partial charge < -0.3 is 15.0 Å². The van der Waals surface area contributed by atoms with E-state index in [1.165, 1.54) is 12.8 Å². The number of ether oxygens (including phenoxy) is 1. The fourth-order valence-corrected chi connectivity index (χ4v) is 5.15. The Balaban J connectivity index is 1.65. The largest absolute Gasteiger partial charge is 0.491 e. The Labute approximate surface area is 215 Å². The van der Waals surface area contributed by atoms with Crippen LogP contribution in [0.5, 0.6) is 5.75 Å². The van der Waals surface area contributed by atoms with Crippen molar-refractivity contribution in [2.24, 2.45) is 0 Å². The molecule has 196 valence electrons. The van der Waals surface area contributed by atoms with Crippen molar-refractivity contribution in [2.45, 2.75) is 116 Å². The summed E-state index contributed by atoms with van der Waals surface area (Å²) in [5.41, 5.74) is 1.11. The van der Waals surface area contributed by atoms with Crippen LogP contribution < -0.4 is 10.1 Å². The molecule has 0 spiro atoms. The lowest BCUT2D eigenvalue weighted by Gasteiger charge is -2.44. The maximum atomic E-state index is 13.9. The molecule has 1 aliphatic heterocycles. The van der Waals surface area contributed by atoms with Gasteiger partial charge in [0.25, 0.3) is 5.91 Å². The standard InChI is InChI=1S/C29H42N4O3/c1-20(2)36-23-15-13-21(14-16-23)18-32-26(34)24-17-25(28(3,4)5)31-33(24)19-29(32,6)27(35)30-22-11-9-7-8-10-12-22/h13-17,20,22H,7-12,18-19H2,1-6H3,(H,30,35)/t29-/m0/s1. The Hall–Kier alpha value is -2.83. The number of nitrogens with zero attached hydrogens (tertiary/aromatic N) is 3. The van der Waals surface area contributed by atoms with Crippen LogP contribution >= 0.6 is 0 Å². The van der Waals surface area contributed by atoms with Gasteiger partial charge in [-0.25, -0.2) is 0 Å². The molecule has 1 aromatic carbocycles. The van der Waals surface area contributed by atoms with Gasteiger partial charge in [-0.3, -0.25) is 14.3 Å². The molecule has 1 saturated carbocycles. The van der Waals surface area contributed by atoms with Gasteiger partial charge in [0, 0.05) is 18.0 Å². The molecular weight excluding hydrogens is 452 g/mol. The second kappa shape index (κ2) is 10.3. The van der Waals surface area contributed by atoms with E-state index in [2.05, 4.69) is 26.1 Å². The third kappa shape index (κ3) is 5.60. The SMILES string of the molecule is CC(C)Oc1ccc(CN2C(=O)c3cc(C(C)(C)C)nn3C[C@@]2(C)C(=O)NC2CCCCCC2)cc1. The molecule has 1 aromatic heterocycles. The van der Waals surface area contributed by atoms with E-state index < -0.39 is 5.54 Å². The van der Waals surface area contributed by atoms with E-state index in [0.29, 0.717) is 18.8 Å². The van der Waals surface area contributed by atoms with Crippen LogP contribution in [0.1, 0.15) is 102 Å². The van der Waals surface area contributed by atoms with E-state index in [0.717, 1.165) is 42.7 Å². The van der Waals surface area contributed by atoms with Crippen molar-refractivity contribution >= 4 is 11.8 Å². The number of carbonyl (C=O) groups excluding carboxylic acids is 2. The van der Waals surface area contributed by atoms with Crippen LogP contribution in [0.15, 0.2) is 30.3 Å². The molecule has 36 heavy (non-hydrogen) atoms. The summed E-state index contributed by atoms with van der Waals surface area (Å²) in [6.07, 6.45) is 6.78. The summed E-state index contributed by atoms with van der Waals surface area (Å²) < 4.78 is 7.52. The number of aromatic nitrogens is 2. The minimum atomic E-state index is -1.05. The maximum absolute atomic E-state index is 13.9. The van der Waals surface area contributed by atoms with Gasteiger partial charge >= 0.3 is 0 Å². The monoisotopic (exact) mass is 494 g/mol. The fraction of sp³-hybridized carbons (Fsp3) is 0.621. The van der Waals surface area contributed by atoms with E-state index >= 15 is 0 Å². The molecule has 0 unspecified atom stereocenters. The zero-order valence-corrected chi connectivity index (χ0v) is 22.8. The number of hydrogen-bond donors (Lipinski definition) is 1. The van der Waals surface area contributed by atoms with Crippen molar-refractivity contribution in [3.8, 4) is 5.75 Å². The molecule has 4 rings (SSSR count). The van der Waals surface area contributed by atoms with E-state index in [1.54, 1.807) is 9.58 Å². The number of amides is 2. The molecule has 2 aromatic rings. The molecule has 0 saturated heterocycles. The third-order valence-corrected chi connectivity index (χ3v) is 7.38. The molecule has 0 bridgehead atoms.